The van der Waals surface area contributed by atoms with Gasteiger partial charge in [-0.3, -0.25) is 0 Å². The fraction of sp³-hybridized carbons (Fsp3) is 1.00. The zero-order valence-electron chi connectivity index (χ0n) is 16.6. The highest BCUT2D eigenvalue weighted by Gasteiger charge is 2.36. The summed E-state index contributed by atoms with van der Waals surface area (Å²) in [5, 5.41) is 0. The third-order valence-corrected chi connectivity index (χ3v) is 8.15. The molecule has 0 aromatic rings. The van der Waals surface area contributed by atoms with Gasteiger partial charge in [-0.2, -0.15) is 0 Å². The highest BCUT2D eigenvalue weighted by molar-refractivity contribution is 6.67. The van der Waals surface area contributed by atoms with E-state index in [0.717, 1.165) is 26.1 Å². The average Bonchev–Trinajstić information content (AvgIpc) is 2.57. The largest absolute Gasteiger partial charge is 0.394 e. The quantitative estimate of drug-likeness (QED) is 0.193. The van der Waals surface area contributed by atoms with Gasteiger partial charge in [-0.1, -0.05) is 91.9 Å². The Bertz CT molecular complexity index is 210. The number of rotatable bonds is 18. The normalized spacial score (nSPS) is 12.0. The topological polar surface area (TPSA) is 18.5 Å². The molecular formula is C20H44O2Si. The summed E-state index contributed by atoms with van der Waals surface area (Å²) in [6.07, 6.45) is 15.6. The first-order valence-electron chi connectivity index (χ1n) is 10.5. The second kappa shape index (κ2) is 17.0. The highest BCUT2D eigenvalue weighted by Crippen LogP contribution is 2.26. The molecule has 3 heteroatoms. The van der Waals surface area contributed by atoms with Gasteiger partial charge in [0, 0.05) is 13.2 Å². The Balaban J connectivity index is 4.40. The molecule has 0 heterocycles. The average molecular weight is 345 g/mol. The van der Waals surface area contributed by atoms with Gasteiger partial charge in [0.2, 0.25) is 0 Å². The predicted molar refractivity (Wildman–Crippen MR) is 105 cm³/mol. The van der Waals surface area contributed by atoms with Crippen molar-refractivity contribution in [3.8, 4) is 0 Å². The zero-order chi connectivity index (χ0) is 17.2. The van der Waals surface area contributed by atoms with Gasteiger partial charge in [-0.05, 0) is 24.9 Å². The lowest BCUT2D eigenvalue weighted by Crippen LogP contribution is -2.42. The molecule has 0 aliphatic carbocycles. The van der Waals surface area contributed by atoms with Gasteiger partial charge in [0.25, 0.3) is 0 Å². The van der Waals surface area contributed by atoms with Crippen LogP contribution in [0.3, 0.4) is 0 Å². The molecule has 0 aromatic carbocycles. The molecule has 0 bridgehead atoms. The summed E-state index contributed by atoms with van der Waals surface area (Å²) in [7, 11) is -1.96. The summed E-state index contributed by atoms with van der Waals surface area (Å²) >= 11 is 0. The van der Waals surface area contributed by atoms with Gasteiger partial charge in [-0.15, -0.1) is 0 Å². The molecule has 2 nitrogen and oxygen atoms in total. The summed E-state index contributed by atoms with van der Waals surface area (Å²) in [4.78, 5) is 0. The van der Waals surface area contributed by atoms with Gasteiger partial charge in [0.1, 0.15) is 0 Å². The Kier molecular flexibility index (Phi) is 17.1. The molecule has 0 atom stereocenters. The molecule has 0 saturated carbocycles. The van der Waals surface area contributed by atoms with E-state index in [0.29, 0.717) is 0 Å². The van der Waals surface area contributed by atoms with Gasteiger partial charge in [-0.25, -0.2) is 0 Å². The van der Waals surface area contributed by atoms with Crippen molar-refractivity contribution >= 4 is 8.56 Å². The third kappa shape index (κ3) is 13.1. The minimum Gasteiger partial charge on any atom is -0.394 e. The molecule has 140 valence electrons. The smallest absolute Gasteiger partial charge is 0.338 e. The molecule has 0 fully saturated rings. The van der Waals surface area contributed by atoms with E-state index >= 15 is 0 Å². The van der Waals surface area contributed by atoms with E-state index in [1.165, 1.54) is 76.3 Å². The number of unbranched alkanes of at least 4 members (excludes halogenated alkanes) is 8. The van der Waals surface area contributed by atoms with Crippen molar-refractivity contribution in [3.63, 3.8) is 0 Å². The van der Waals surface area contributed by atoms with Gasteiger partial charge in [0.15, 0.2) is 0 Å². The van der Waals surface area contributed by atoms with E-state index in [4.69, 9.17) is 8.85 Å². The van der Waals surface area contributed by atoms with Crippen molar-refractivity contribution < 1.29 is 8.85 Å². The minimum absolute atomic E-state index is 0.889. The molecule has 0 amide bonds. The third-order valence-electron chi connectivity index (χ3n) is 4.46. The predicted octanol–water partition coefficient (Wildman–Crippen LogP) is 7.22. The van der Waals surface area contributed by atoms with E-state index in [1.807, 2.05) is 0 Å². The maximum absolute atomic E-state index is 6.41. The van der Waals surface area contributed by atoms with Crippen LogP contribution in [0.2, 0.25) is 12.1 Å². The van der Waals surface area contributed by atoms with E-state index < -0.39 is 8.56 Å². The first-order valence-corrected chi connectivity index (χ1v) is 12.8. The lowest BCUT2D eigenvalue weighted by atomic mass is 10.2. The van der Waals surface area contributed by atoms with Crippen LogP contribution in [-0.2, 0) is 8.85 Å². The van der Waals surface area contributed by atoms with Crippen LogP contribution in [0.4, 0.5) is 0 Å². The van der Waals surface area contributed by atoms with E-state index in [-0.39, 0.29) is 0 Å². The van der Waals surface area contributed by atoms with Crippen LogP contribution in [0.1, 0.15) is 105 Å². The molecule has 0 radical (unpaired) electrons. The van der Waals surface area contributed by atoms with Crippen molar-refractivity contribution in [1.29, 1.82) is 0 Å². The molecule has 0 N–H and O–H groups in total. The first-order chi connectivity index (χ1) is 11.2. The fourth-order valence-electron chi connectivity index (χ4n) is 3.03. The van der Waals surface area contributed by atoms with Crippen LogP contribution in [0.5, 0.6) is 0 Å². The molecule has 0 aliphatic heterocycles. The molecule has 23 heavy (non-hydrogen) atoms. The first kappa shape index (κ1) is 23.1. The van der Waals surface area contributed by atoms with Crippen LogP contribution >= 0.6 is 0 Å². The van der Waals surface area contributed by atoms with Crippen LogP contribution < -0.4 is 0 Å². The lowest BCUT2D eigenvalue weighted by Gasteiger charge is -2.31. The van der Waals surface area contributed by atoms with Crippen molar-refractivity contribution in [3.05, 3.63) is 0 Å². The Hall–Kier alpha value is 0.137. The zero-order valence-corrected chi connectivity index (χ0v) is 17.6. The SMILES string of the molecule is CCCCCCC[Si](CCCCCCC)(OCCC)OCCC. The second-order valence-corrected chi connectivity index (χ2v) is 10.3. The van der Waals surface area contributed by atoms with E-state index in [2.05, 4.69) is 27.7 Å². The van der Waals surface area contributed by atoms with Crippen LogP contribution in [0.15, 0.2) is 0 Å². The minimum atomic E-state index is -1.96. The van der Waals surface area contributed by atoms with Crippen LogP contribution in [0, 0.1) is 0 Å². The summed E-state index contributed by atoms with van der Waals surface area (Å²) in [5.41, 5.74) is 0. The summed E-state index contributed by atoms with van der Waals surface area (Å²) < 4.78 is 12.8. The van der Waals surface area contributed by atoms with E-state index in [1.54, 1.807) is 0 Å². The summed E-state index contributed by atoms with van der Waals surface area (Å²) in [6, 6.07) is 2.43. The second-order valence-electron chi connectivity index (χ2n) is 6.94. The maximum Gasteiger partial charge on any atom is 0.338 e. The molecule has 0 saturated heterocycles. The van der Waals surface area contributed by atoms with Gasteiger partial charge < -0.3 is 8.85 Å². The molecule has 0 spiro atoms. The molecule has 0 aliphatic rings. The Labute approximate surface area is 148 Å². The van der Waals surface area contributed by atoms with E-state index in [9.17, 15) is 0 Å². The van der Waals surface area contributed by atoms with Crippen molar-refractivity contribution in [2.45, 2.75) is 117 Å². The Morgan fingerprint density at radius 1 is 0.478 bits per heavy atom. The van der Waals surface area contributed by atoms with Crippen molar-refractivity contribution in [1.82, 2.24) is 0 Å². The Morgan fingerprint density at radius 2 is 0.870 bits per heavy atom. The van der Waals surface area contributed by atoms with Crippen LogP contribution in [-0.4, -0.2) is 21.8 Å². The number of hydrogen-bond acceptors (Lipinski definition) is 2. The van der Waals surface area contributed by atoms with Crippen LogP contribution in [0.25, 0.3) is 0 Å². The van der Waals surface area contributed by atoms with Gasteiger partial charge in [0.05, 0.1) is 0 Å². The monoisotopic (exact) mass is 344 g/mol. The molecule has 0 aromatic heterocycles. The summed E-state index contributed by atoms with van der Waals surface area (Å²) in [5.74, 6) is 0. The number of hydrogen-bond donors (Lipinski definition) is 0. The Morgan fingerprint density at radius 3 is 1.22 bits per heavy atom. The van der Waals surface area contributed by atoms with Crippen molar-refractivity contribution in [2.24, 2.45) is 0 Å². The van der Waals surface area contributed by atoms with Crippen molar-refractivity contribution in [2.75, 3.05) is 13.2 Å². The van der Waals surface area contributed by atoms with Gasteiger partial charge >= 0.3 is 8.56 Å². The molecule has 0 rings (SSSR count). The highest BCUT2D eigenvalue weighted by atomic mass is 28.4. The summed E-state index contributed by atoms with van der Waals surface area (Å²) in [6.45, 7) is 10.8. The lowest BCUT2D eigenvalue weighted by molar-refractivity contribution is 0.165. The molecule has 0 unspecified atom stereocenters. The maximum atomic E-state index is 6.41. The molecular weight excluding hydrogens is 300 g/mol. The fourth-order valence-corrected chi connectivity index (χ4v) is 6.67. The standard InChI is InChI=1S/C20H44O2Si/c1-5-9-11-13-15-19-23(21-17-7-3,22-18-8-4)20-16-14-12-10-6-2/h5-20H2,1-4H3.